The minimum Gasteiger partial charge on any atom is -0.350 e. The SMILES string of the molecule is CC(=O)Nc1ccc(C2(C(=O)NCc3cccs3)CCC2)cc1. The summed E-state index contributed by atoms with van der Waals surface area (Å²) in [6, 6.07) is 11.7. The van der Waals surface area contributed by atoms with E-state index in [2.05, 4.69) is 10.6 Å². The van der Waals surface area contributed by atoms with Crippen molar-refractivity contribution in [3.05, 3.63) is 52.2 Å². The number of anilines is 1. The molecule has 1 aliphatic rings. The Bertz CT molecular complexity index is 688. The fourth-order valence-corrected chi connectivity index (χ4v) is 3.65. The van der Waals surface area contributed by atoms with E-state index in [9.17, 15) is 9.59 Å². The molecule has 2 amide bonds. The molecule has 0 aliphatic heterocycles. The van der Waals surface area contributed by atoms with Gasteiger partial charge in [-0.15, -0.1) is 11.3 Å². The summed E-state index contributed by atoms with van der Waals surface area (Å²) in [5, 5.41) is 7.84. The highest BCUT2D eigenvalue weighted by Gasteiger charge is 2.45. The lowest BCUT2D eigenvalue weighted by molar-refractivity contribution is -0.130. The van der Waals surface area contributed by atoms with Gasteiger partial charge in [0, 0.05) is 17.5 Å². The molecule has 1 fully saturated rings. The fraction of sp³-hybridized carbons (Fsp3) is 0.333. The molecule has 1 aromatic carbocycles. The van der Waals surface area contributed by atoms with Crippen molar-refractivity contribution < 1.29 is 9.59 Å². The van der Waals surface area contributed by atoms with E-state index in [4.69, 9.17) is 0 Å². The van der Waals surface area contributed by atoms with E-state index in [0.717, 1.165) is 35.4 Å². The van der Waals surface area contributed by atoms with Gasteiger partial charge in [-0.2, -0.15) is 0 Å². The predicted octanol–water partition coefficient (Wildman–Crippen LogP) is 3.44. The first-order valence-corrected chi connectivity index (χ1v) is 8.67. The van der Waals surface area contributed by atoms with Crippen LogP contribution in [0, 0.1) is 0 Å². The molecule has 1 aromatic heterocycles. The number of amides is 2. The highest BCUT2D eigenvalue weighted by atomic mass is 32.1. The largest absolute Gasteiger partial charge is 0.350 e. The zero-order chi connectivity index (χ0) is 16.3. The third-order valence-corrected chi connectivity index (χ3v) is 5.28. The van der Waals surface area contributed by atoms with E-state index in [1.54, 1.807) is 11.3 Å². The molecule has 120 valence electrons. The monoisotopic (exact) mass is 328 g/mol. The summed E-state index contributed by atoms with van der Waals surface area (Å²) in [6.45, 7) is 2.07. The fourth-order valence-electron chi connectivity index (χ4n) is 3.00. The first-order valence-electron chi connectivity index (χ1n) is 7.79. The maximum absolute atomic E-state index is 12.7. The number of benzene rings is 1. The van der Waals surface area contributed by atoms with E-state index in [0.29, 0.717) is 6.54 Å². The first-order chi connectivity index (χ1) is 11.1. The van der Waals surface area contributed by atoms with Gasteiger partial charge in [0.05, 0.1) is 12.0 Å². The van der Waals surface area contributed by atoms with Crippen LogP contribution >= 0.6 is 11.3 Å². The summed E-state index contributed by atoms with van der Waals surface area (Å²) in [4.78, 5) is 25.0. The molecule has 2 aromatic rings. The van der Waals surface area contributed by atoms with Crippen LogP contribution in [0.25, 0.3) is 0 Å². The number of rotatable bonds is 5. The minimum absolute atomic E-state index is 0.0928. The lowest BCUT2D eigenvalue weighted by Crippen LogP contribution is -2.48. The van der Waals surface area contributed by atoms with Gasteiger partial charge in [-0.05, 0) is 42.0 Å². The van der Waals surface area contributed by atoms with Crippen molar-refractivity contribution in [2.24, 2.45) is 0 Å². The van der Waals surface area contributed by atoms with Crippen LogP contribution in [0.3, 0.4) is 0 Å². The van der Waals surface area contributed by atoms with Crippen molar-refractivity contribution in [1.29, 1.82) is 0 Å². The summed E-state index contributed by atoms with van der Waals surface area (Å²) < 4.78 is 0. The van der Waals surface area contributed by atoms with Gasteiger partial charge in [0.2, 0.25) is 11.8 Å². The van der Waals surface area contributed by atoms with Crippen molar-refractivity contribution in [2.75, 3.05) is 5.32 Å². The first kappa shape index (κ1) is 15.7. The molecule has 0 spiro atoms. The van der Waals surface area contributed by atoms with E-state index in [1.165, 1.54) is 6.92 Å². The third kappa shape index (κ3) is 3.29. The van der Waals surface area contributed by atoms with Crippen molar-refractivity contribution in [3.63, 3.8) is 0 Å². The van der Waals surface area contributed by atoms with Crippen LogP contribution in [0.1, 0.15) is 36.6 Å². The van der Waals surface area contributed by atoms with Gasteiger partial charge in [0.25, 0.3) is 0 Å². The van der Waals surface area contributed by atoms with Crippen LogP contribution in [-0.4, -0.2) is 11.8 Å². The maximum atomic E-state index is 12.7. The second kappa shape index (κ2) is 6.54. The molecule has 5 heteroatoms. The van der Waals surface area contributed by atoms with Crippen molar-refractivity contribution in [3.8, 4) is 0 Å². The highest BCUT2D eigenvalue weighted by molar-refractivity contribution is 7.09. The molecular formula is C18H20N2O2S. The molecule has 2 N–H and O–H groups in total. The Morgan fingerprint density at radius 1 is 1.17 bits per heavy atom. The summed E-state index contributed by atoms with van der Waals surface area (Å²) in [7, 11) is 0. The van der Waals surface area contributed by atoms with Gasteiger partial charge in [-0.1, -0.05) is 24.6 Å². The number of carbonyl (C=O) groups excluding carboxylic acids is 2. The average molecular weight is 328 g/mol. The Hall–Kier alpha value is -2.14. The van der Waals surface area contributed by atoms with E-state index in [-0.39, 0.29) is 11.8 Å². The molecule has 1 aliphatic carbocycles. The average Bonchev–Trinajstić information content (AvgIpc) is 2.98. The van der Waals surface area contributed by atoms with Crippen LogP contribution < -0.4 is 10.6 Å². The second-order valence-electron chi connectivity index (χ2n) is 5.96. The third-order valence-electron chi connectivity index (χ3n) is 4.40. The van der Waals surface area contributed by atoms with Crippen LogP contribution in [0.4, 0.5) is 5.69 Å². The molecule has 0 saturated heterocycles. The van der Waals surface area contributed by atoms with E-state index < -0.39 is 5.41 Å². The number of thiophene rings is 1. The predicted molar refractivity (Wildman–Crippen MR) is 92.4 cm³/mol. The molecule has 0 bridgehead atoms. The van der Waals surface area contributed by atoms with Gasteiger partial charge < -0.3 is 10.6 Å². The van der Waals surface area contributed by atoms with E-state index >= 15 is 0 Å². The zero-order valence-corrected chi connectivity index (χ0v) is 13.9. The minimum atomic E-state index is -0.411. The maximum Gasteiger partial charge on any atom is 0.230 e. The molecule has 3 rings (SSSR count). The number of nitrogens with one attached hydrogen (secondary N) is 2. The van der Waals surface area contributed by atoms with E-state index in [1.807, 2.05) is 41.8 Å². The molecule has 0 atom stereocenters. The van der Waals surface area contributed by atoms with Crippen molar-refractivity contribution >= 4 is 28.8 Å². The number of hydrogen-bond donors (Lipinski definition) is 2. The highest BCUT2D eigenvalue weighted by Crippen LogP contribution is 2.44. The Labute approximate surface area is 139 Å². The Morgan fingerprint density at radius 3 is 2.43 bits per heavy atom. The summed E-state index contributed by atoms with van der Waals surface area (Å²) in [5.74, 6) is 0.00854. The molecule has 4 nitrogen and oxygen atoms in total. The molecular weight excluding hydrogens is 308 g/mol. The van der Waals surface area contributed by atoms with Crippen LogP contribution in [0.15, 0.2) is 41.8 Å². The summed E-state index contributed by atoms with van der Waals surface area (Å²) in [6.07, 6.45) is 2.82. The van der Waals surface area contributed by atoms with Gasteiger partial charge >= 0.3 is 0 Å². The lowest BCUT2D eigenvalue weighted by Gasteiger charge is -2.40. The van der Waals surface area contributed by atoms with Crippen LogP contribution in [0.5, 0.6) is 0 Å². The summed E-state index contributed by atoms with van der Waals surface area (Å²) in [5.41, 5.74) is 1.38. The zero-order valence-electron chi connectivity index (χ0n) is 13.1. The molecule has 0 radical (unpaired) electrons. The van der Waals surface area contributed by atoms with Crippen LogP contribution in [-0.2, 0) is 21.5 Å². The van der Waals surface area contributed by atoms with Gasteiger partial charge in [0.15, 0.2) is 0 Å². The van der Waals surface area contributed by atoms with Gasteiger partial charge in [-0.3, -0.25) is 9.59 Å². The number of carbonyl (C=O) groups is 2. The number of hydrogen-bond acceptors (Lipinski definition) is 3. The van der Waals surface area contributed by atoms with Crippen molar-refractivity contribution in [1.82, 2.24) is 5.32 Å². The molecule has 1 saturated carbocycles. The molecule has 1 heterocycles. The van der Waals surface area contributed by atoms with Crippen LogP contribution in [0.2, 0.25) is 0 Å². The lowest BCUT2D eigenvalue weighted by atomic mass is 9.64. The Kier molecular flexibility index (Phi) is 4.48. The standard InChI is InChI=1S/C18H20N2O2S/c1-13(21)20-15-7-5-14(6-8-15)18(9-3-10-18)17(22)19-12-16-4-2-11-23-16/h2,4-8,11H,3,9-10,12H2,1H3,(H,19,22)(H,20,21). The normalized spacial score (nSPS) is 15.5. The van der Waals surface area contributed by atoms with Gasteiger partial charge in [-0.25, -0.2) is 0 Å². The molecule has 0 unspecified atom stereocenters. The Balaban J connectivity index is 1.72. The smallest absolute Gasteiger partial charge is 0.230 e. The quantitative estimate of drug-likeness (QED) is 0.883. The second-order valence-corrected chi connectivity index (χ2v) is 6.99. The Morgan fingerprint density at radius 2 is 1.91 bits per heavy atom. The van der Waals surface area contributed by atoms with Gasteiger partial charge in [0.1, 0.15) is 0 Å². The summed E-state index contributed by atoms with van der Waals surface area (Å²) >= 11 is 1.65. The topological polar surface area (TPSA) is 58.2 Å². The molecule has 23 heavy (non-hydrogen) atoms. The van der Waals surface area contributed by atoms with Crippen molar-refractivity contribution in [2.45, 2.75) is 38.1 Å².